The molecule has 78 valence electrons. The average Bonchev–Trinajstić information content (AvgIpc) is 2.81. The molecule has 1 N–H and O–H groups in total. The first-order valence-corrected chi connectivity index (χ1v) is 5.52. The third-order valence-electron chi connectivity index (χ3n) is 1.78. The molecule has 7 heteroatoms. The summed E-state index contributed by atoms with van der Waals surface area (Å²) in [5.41, 5.74) is 0. The molecule has 0 aliphatic carbocycles. The lowest BCUT2D eigenvalue weighted by molar-refractivity contribution is 0.808. The van der Waals surface area contributed by atoms with E-state index in [0.29, 0.717) is 11.0 Å². The number of thioether (sulfide) groups is 1. The predicted molar refractivity (Wildman–Crippen MR) is 58.3 cm³/mol. The van der Waals surface area contributed by atoms with Crippen LogP contribution < -0.4 is 5.32 Å². The smallest absolute Gasteiger partial charge is 0.191 e. The van der Waals surface area contributed by atoms with E-state index in [9.17, 15) is 0 Å². The van der Waals surface area contributed by atoms with Gasteiger partial charge in [0.15, 0.2) is 11.0 Å². The summed E-state index contributed by atoms with van der Waals surface area (Å²) in [7, 11) is 1.82. The Kier molecular flexibility index (Phi) is 2.82. The van der Waals surface area contributed by atoms with E-state index < -0.39 is 0 Å². The molecular formula is C8H10N6S. The molecule has 0 aromatic carbocycles. The molecule has 0 saturated heterocycles. The summed E-state index contributed by atoms with van der Waals surface area (Å²) in [6, 6.07) is 1.81. The van der Waals surface area contributed by atoms with Crippen LogP contribution in [-0.4, -0.2) is 38.0 Å². The number of aromatic nitrogens is 5. The van der Waals surface area contributed by atoms with E-state index in [1.807, 2.05) is 19.4 Å². The Morgan fingerprint density at radius 2 is 2.27 bits per heavy atom. The lowest BCUT2D eigenvalue weighted by Gasteiger charge is -2.05. The van der Waals surface area contributed by atoms with Crippen molar-refractivity contribution < 1.29 is 0 Å². The van der Waals surface area contributed by atoms with Gasteiger partial charge in [-0.25, -0.2) is 19.6 Å². The van der Waals surface area contributed by atoms with Crippen molar-refractivity contribution >= 4 is 17.6 Å². The zero-order valence-electron chi connectivity index (χ0n) is 8.38. The third kappa shape index (κ3) is 2.07. The molecule has 0 saturated carbocycles. The zero-order valence-corrected chi connectivity index (χ0v) is 9.19. The number of anilines is 1. The van der Waals surface area contributed by atoms with Crippen molar-refractivity contribution in [2.75, 3.05) is 18.6 Å². The van der Waals surface area contributed by atoms with E-state index >= 15 is 0 Å². The molecule has 2 rings (SSSR count). The van der Waals surface area contributed by atoms with Gasteiger partial charge in [-0.2, -0.15) is 5.10 Å². The largest absolute Gasteiger partial charge is 0.373 e. The highest BCUT2D eigenvalue weighted by atomic mass is 32.2. The van der Waals surface area contributed by atoms with Gasteiger partial charge < -0.3 is 5.32 Å². The monoisotopic (exact) mass is 222 g/mol. The summed E-state index contributed by atoms with van der Waals surface area (Å²) >= 11 is 1.49. The highest BCUT2D eigenvalue weighted by Gasteiger charge is 2.04. The van der Waals surface area contributed by atoms with Crippen LogP contribution in [-0.2, 0) is 0 Å². The van der Waals surface area contributed by atoms with Crippen molar-refractivity contribution in [3.05, 3.63) is 18.7 Å². The standard InChI is InChI=1S/C8H10N6S/c1-9-6-3-7(13-8(12-6)15-2)14-5-10-4-11-14/h3-5H,1-2H3,(H,9,12,13). The Morgan fingerprint density at radius 3 is 2.87 bits per heavy atom. The molecule has 0 spiro atoms. The molecule has 0 aliphatic heterocycles. The molecular weight excluding hydrogens is 212 g/mol. The van der Waals surface area contributed by atoms with Crippen molar-refractivity contribution in [3.63, 3.8) is 0 Å². The Morgan fingerprint density at radius 1 is 1.40 bits per heavy atom. The molecule has 0 atom stereocenters. The molecule has 0 aliphatic rings. The fourth-order valence-corrected chi connectivity index (χ4v) is 1.45. The summed E-state index contributed by atoms with van der Waals surface area (Å²) in [5.74, 6) is 1.47. The summed E-state index contributed by atoms with van der Waals surface area (Å²) in [6.45, 7) is 0. The van der Waals surface area contributed by atoms with Crippen LogP contribution >= 0.6 is 11.8 Å². The minimum atomic E-state index is 0.701. The van der Waals surface area contributed by atoms with Gasteiger partial charge in [-0.3, -0.25) is 0 Å². The Bertz CT molecular complexity index is 418. The molecule has 0 amide bonds. The SMILES string of the molecule is CNc1cc(-n2cncn2)nc(SC)n1. The van der Waals surface area contributed by atoms with Gasteiger partial charge in [-0.15, -0.1) is 0 Å². The van der Waals surface area contributed by atoms with Gasteiger partial charge in [-0.05, 0) is 6.26 Å². The van der Waals surface area contributed by atoms with E-state index in [4.69, 9.17) is 0 Å². The second kappa shape index (κ2) is 4.26. The van der Waals surface area contributed by atoms with Crippen molar-refractivity contribution in [2.24, 2.45) is 0 Å². The fourth-order valence-electron chi connectivity index (χ4n) is 1.08. The maximum absolute atomic E-state index is 4.31. The van der Waals surface area contributed by atoms with E-state index in [-0.39, 0.29) is 0 Å². The van der Waals surface area contributed by atoms with Crippen LogP contribution in [0.2, 0.25) is 0 Å². The number of hydrogen-bond donors (Lipinski definition) is 1. The average molecular weight is 222 g/mol. The molecule has 2 heterocycles. The zero-order chi connectivity index (χ0) is 10.7. The van der Waals surface area contributed by atoms with E-state index in [1.54, 1.807) is 11.0 Å². The van der Waals surface area contributed by atoms with Gasteiger partial charge in [0.25, 0.3) is 0 Å². The fraction of sp³-hybridized carbons (Fsp3) is 0.250. The van der Waals surface area contributed by atoms with Crippen LogP contribution in [0.4, 0.5) is 5.82 Å². The number of nitrogens with one attached hydrogen (secondary N) is 1. The van der Waals surface area contributed by atoms with Gasteiger partial charge in [0.2, 0.25) is 0 Å². The third-order valence-corrected chi connectivity index (χ3v) is 2.33. The van der Waals surface area contributed by atoms with Crippen molar-refractivity contribution in [2.45, 2.75) is 5.16 Å². The number of nitrogens with zero attached hydrogens (tertiary/aromatic N) is 5. The van der Waals surface area contributed by atoms with Crippen LogP contribution in [0.5, 0.6) is 0 Å². The van der Waals surface area contributed by atoms with Gasteiger partial charge in [0.1, 0.15) is 18.5 Å². The van der Waals surface area contributed by atoms with Gasteiger partial charge in [-0.1, -0.05) is 11.8 Å². The Hall–Kier alpha value is -1.63. The molecule has 6 nitrogen and oxygen atoms in total. The van der Waals surface area contributed by atoms with Gasteiger partial charge in [0, 0.05) is 13.1 Å². The summed E-state index contributed by atoms with van der Waals surface area (Å²) in [4.78, 5) is 12.4. The van der Waals surface area contributed by atoms with Crippen LogP contribution in [0.1, 0.15) is 0 Å². The summed E-state index contributed by atoms with van der Waals surface area (Å²) < 4.78 is 1.60. The number of rotatable bonds is 3. The van der Waals surface area contributed by atoms with Crippen LogP contribution in [0, 0.1) is 0 Å². The topological polar surface area (TPSA) is 68.5 Å². The molecule has 2 aromatic rings. The first-order valence-electron chi connectivity index (χ1n) is 4.29. The second-order valence-corrected chi connectivity index (χ2v) is 3.46. The first-order chi connectivity index (χ1) is 7.33. The normalized spacial score (nSPS) is 10.3. The van der Waals surface area contributed by atoms with Crippen molar-refractivity contribution in [1.29, 1.82) is 0 Å². The van der Waals surface area contributed by atoms with E-state index in [1.165, 1.54) is 18.1 Å². The van der Waals surface area contributed by atoms with Crippen molar-refractivity contribution in [1.82, 2.24) is 24.7 Å². The molecule has 2 aromatic heterocycles. The Labute approximate surface area is 91.2 Å². The molecule has 15 heavy (non-hydrogen) atoms. The highest BCUT2D eigenvalue weighted by Crippen LogP contribution is 2.15. The maximum atomic E-state index is 4.31. The molecule has 0 bridgehead atoms. The van der Waals surface area contributed by atoms with Gasteiger partial charge in [0.05, 0.1) is 0 Å². The van der Waals surface area contributed by atoms with Crippen LogP contribution in [0.3, 0.4) is 0 Å². The molecule has 0 fully saturated rings. The van der Waals surface area contributed by atoms with E-state index in [0.717, 1.165) is 5.82 Å². The highest BCUT2D eigenvalue weighted by molar-refractivity contribution is 7.98. The van der Waals surface area contributed by atoms with Gasteiger partial charge >= 0.3 is 0 Å². The lowest BCUT2D eigenvalue weighted by Crippen LogP contribution is -2.03. The minimum absolute atomic E-state index is 0.701. The van der Waals surface area contributed by atoms with Crippen LogP contribution in [0.15, 0.2) is 23.9 Å². The predicted octanol–water partition coefficient (Wildman–Crippen LogP) is 0.821. The molecule has 0 unspecified atom stereocenters. The quantitative estimate of drug-likeness (QED) is 0.612. The van der Waals surface area contributed by atoms with Crippen molar-refractivity contribution in [3.8, 4) is 5.82 Å². The summed E-state index contributed by atoms with van der Waals surface area (Å²) in [6.07, 6.45) is 5.01. The van der Waals surface area contributed by atoms with Crippen LogP contribution in [0.25, 0.3) is 5.82 Å². The number of hydrogen-bond acceptors (Lipinski definition) is 6. The minimum Gasteiger partial charge on any atom is -0.373 e. The summed E-state index contributed by atoms with van der Waals surface area (Å²) in [5, 5.41) is 7.69. The Balaban J connectivity index is 2.47. The second-order valence-electron chi connectivity index (χ2n) is 2.69. The lowest BCUT2D eigenvalue weighted by atomic mass is 10.5. The van der Waals surface area contributed by atoms with E-state index in [2.05, 4.69) is 25.4 Å². The maximum Gasteiger partial charge on any atom is 0.191 e. The molecule has 0 radical (unpaired) electrons. The first kappa shape index (κ1) is 9.91.